The summed E-state index contributed by atoms with van der Waals surface area (Å²) in [7, 11) is 1.65. The number of nitrogens with one attached hydrogen (secondary N) is 1. The third kappa shape index (κ3) is 4.56. The lowest BCUT2D eigenvalue weighted by molar-refractivity contribution is -0.124. The molecule has 0 spiro atoms. The minimum Gasteiger partial charge on any atom is -0.496 e. The van der Waals surface area contributed by atoms with E-state index in [1.807, 2.05) is 45.0 Å². The monoisotopic (exact) mass is 264 g/mol. The Morgan fingerprint density at radius 3 is 2.58 bits per heavy atom. The predicted molar refractivity (Wildman–Crippen MR) is 77.1 cm³/mol. The van der Waals surface area contributed by atoms with E-state index in [-0.39, 0.29) is 11.3 Å². The fourth-order valence-corrected chi connectivity index (χ4v) is 1.73. The van der Waals surface area contributed by atoms with Crippen molar-refractivity contribution in [3.63, 3.8) is 0 Å². The van der Waals surface area contributed by atoms with Crippen LogP contribution >= 0.6 is 0 Å². The molecule has 0 aliphatic heterocycles. The van der Waals surface area contributed by atoms with E-state index < -0.39 is 6.04 Å². The zero-order valence-electron chi connectivity index (χ0n) is 12.2. The predicted octanol–water partition coefficient (Wildman–Crippen LogP) is 1.73. The van der Waals surface area contributed by atoms with E-state index in [1.165, 1.54) is 0 Å². The number of hydrogen-bond acceptors (Lipinski definition) is 3. The zero-order valence-corrected chi connectivity index (χ0v) is 12.2. The molecule has 0 unspecified atom stereocenters. The highest BCUT2D eigenvalue weighted by molar-refractivity contribution is 5.82. The molecule has 3 N–H and O–H groups in total. The Labute approximate surface area is 115 Å². The van der Waals surface area contributed by atoms with Gasteiger partial charge in [-0.25, -0.2) is 0 Å². The van der Waals surface area contributed by atoms with Gasteiger partial charge in [-0.3, -0.25) is 4.79 Å². The van der Waals surface area contributed by atoms with Gasteiger partial charge in [0.05, 0.1) is 13.2 Å². The molecule has 0 radical (unpaired) electrons. The molecule has 0 saturated heterocycles. The van der Waals surface area contributed by atoms with Crippen LogP contribution in [0.4, 0.5) is 0 Å². The molecule has 0 fully saturated rings. The van der Waals surface area contributed by atoms with Crippen LogP contribution in [0.2, 0.25) is 0 Å². The second-order valence-electron chi connectivity index (χ2n) is 5.70. The molecular formula is C15H24N2O2. The molecular weight excluding hydrogens is 240 g/mol. The molecule has 1 amide bonds. The van der Waals surface area contributed by atoms with Gasteiger partial charge in [-0.05, 0) is 23.5 Å². The van der Waals surface area contributed by atoms with Crippen molar-refractivity contribution in [1.29, 1.82) is 0 Å². The lowest BCUT2D eigenvalue weighted by Crippen LogP contribution is -2.48. The van der Waals surface area contributed by atoms with Crippen LogP contribution in [0, 0.1) is 5.41 Å². The molecule has 4 nitrogen and oxygen atoms in total. The summed E-state index contributed by atoms with van der Waals surface area (Å²) >= 11 is 0. The highest BCUT2D eigenvalue weighted by Crippen LogP contribution is 2.18. The van der Waals surface area contributed by atoms with Gasteiger partial charge in [0.1, 0.15) is 5.75 Å². The molecule has 1 aromatic carbocycles. The van der Waals surface area contributed by atoms with Crippen LogP contribution in [0.1, 0.15) is 26.3 Å². The number of rotatable bonds is 5. The van der Waals surface area contributed by atoms with E-state index in [0.29, 0.717) is 6.54 Å². The normalized spacial score (nSPS) is 12.9. The largest absolute Gasteiger partial charge is 0.496 e. The van der Waals surface area contributed by atoms with Crippen LogP contribution in [0.3, 0.4) is 0 Å². The Balaban J connectivity index is 2.49. The van der Waals surface area contributed by atoms with Crippen molar-refractivity contribution in [1.82, 2.24) is 5.32 Å². The summed E-state index contributed by atoms with van der Waals surface area (Å²) in [6.45, 7) is 6.43. The summed E-state index contributed by atoms with van der Waals surface area (Å²) in [6.07, 6.45) is 0.729. The second kappa shape index (κ2) is 6.57. The van der Waals surface area contributed by atoms with Gasteiger partial charge in [0, 0.05) is 6.54 Å². The lowest BCUT2D eigenvalue weighted by atomic mass is 9.87. The summed E-state index contributed by atoms with van der Waals surface area (Å²) in [5.41, 5.74) is 6.74. The van der Waals surface area contributed by atoms with Gasteiger partial charge in [0.15, 0.2) is 0 Å². The quantitative estimate of drug-likeness (QED) is 0.851. The van der Waals surface area contributed by atoms with Gasteiger partial charge in [0.25, 0.3) is 0 Å². The second-order valence-corrected chi connectivity index (χ2v) is 5.70. The fraction of sp³-hybridized carbons (Fsp3) is 0.533. The average Bonchev–Trinajstić information content (AvgIpc) is 2.37. The van der Waals surface area contributed by atoms with Gasteiger partial charge >= 0.3 is 0 Å². The molecule has 0 aliphatic carbocycles. The summed E-state index contributed by atoms with van der Waals surface area (Å²) in [4.78, 5) is 11.9. The molecule has 1 atom stereocenters. The topological polar surface area (TPSA) is 64.3 Å². The van der Waals surface area contributed by atoms with Crippen LogP contribution in [0.15, 0.2) is 24.3 Å². The molecule has 1 aromatic rings. The van der Waals surface area contributed by atoms with Gasteiger partial charge in [0.2, 0.25) is 5.91 Å². The minimum atomic E-state index is -0.495. The highest BCUT2D eigenvalue weighted by atomic mass is 16.5. The Morgan fingerprint density at radius 1 is 1.37 bits per heavy atom. The molecule has 4 heteroatoms. The van der Waals surface area contributed by atoms with Gasteiger partial charge < -0.3 is 15.8 Å². The van der Waals surface area contributed by atoms with Crippen molar-refractivity contribution in [3.05, 3.63) is 29.8 Å². The Morgan fingerprint density at radius 2 is 2.00 bits per heavy atom. The number of amides is 1. The molecule has 0 aromatic heterocycles. The Hall–Kier alpha value is -1.55. The molecule has 106 valence electrons. The Kier molecular flexibility index (Phi) is 5.36. The first kappa shape index (κ1) is 15.5. The van der Waals surface area contributed by atoms with Crippen LogP contribution in [-0.2, 0) is 11.2 Å². The number of para-hydroxylation sites is 1. The molecule has 19 heavy (non-hydrogen) atoms. The van der Waals surface area contributed by atoms with E-state index in [2.05, 4.69) is 5.32 Å². The van der Waals surface area contributed by atoms with Crippen molar-refractivity contribution in [3.8, 4) is 5.75 Å². The van der Waals surface area contributed by atoms with E-state index in [9.17, 15) is 4.79 Å². The van der Waals surface area contributed by atoms with Crippen molar-refractivity contribution >= 4 is 5.91 Å². The minimum absolute atomic E-state index is 0.109. The molecule has 0 heterocycles. The number of nitrogens with two attached hydrogens (primary N) is 1. The van der Waals surface area contributed by atoms with E-state index in [4.69, 9.17) is 10.5 Å². The lowest BCUT2D eigenvalue weighted by Gasteiger charge is -2.25. The standard InChI is InChI=1S/C15H24N2O2/c1-15(2,3)13(16)14(18)17-10-9-11-7-5-6-8-12(11)19-4/h5-8,13H,9-10,16H2,1-4H3,(H,17,18)/t13-/m1/s1. The molecule has 0 aliphatic rings. The zero-order chi connectivity index (χ0) is 14.5. The number of carbonyl (C=O) groups excluding carboxylic acids is 1. The number of hydrogen-bond donors (Lipinski definition) is 2. The van der Waals surface area contributed by atoms with Gasteiger partial charge in [-0.2, -0.15) is 0 Å². The summed E-state index contributed by atoms with van der Waals surface area (Å²) < 4.78 is 5.27. The van der Waals surface area contributed by atoms with E-state index >= 15 is 0 Å². The first-order valence-corrected chi connectivity index (χ1v) is 6.51. The maximum Gasteiger partial charge on any atom is 0.237 e. The Bertz CT molecular complexity index is 424. The van der Waals surface area contributed by atoms with Gasteiger partial charge in [-0.15, -0.1) is 0 Å². The van der Waals surface area contributed by atoms with E-state index in [0.717, 1.165) is 17.7 Å². The molecule has 1 rings (SSSR count). The van der Waals surface area contributed by atoms with Crippen LogP contribution < -0.4 is 15.8 Å². The summed E-state index contributed by atoms with van der Waals surface area (Å²) in [5.74, 6) is 0.735. The maximum atomic E-state index is 11.9. The third-order valence-electron chi connectivity index (χ3n) is 3.10. The van der Waals surface area contributed by atoms with Gasteiger partial charge in [-0.1, -0.05) is 39.0 Å². The highest BCUT2D eigenvalue weighted by Gasteiger charge is 2.26. The van der Waals surface area contributed by atoms with Crippen molar-refractivity contribution in [2.45, 2.75) is 33.2 Å². The van der Waals surface area contributed by atoms with Crippen molar-refractivity contribution in [2.75, 3.05) is 13.7 Å². The average molecular weight is 264 g/mol. The van der Waals surface area contributed by atoms with Crippen molar-refractivity contribution in [2.24, 2.45) is 11.1 Å². The first-order valence-electron chi connectivity index (χ1n) is 6.51. The smallest absolute Gasteiger partial charge is 0.237 e. The van der Waals surface area contributed by atoms with Crippen LogP contribution in [0.5, 0.6) is 5.75 Å². The van der Waals surface area contributed by atoms with Crippen molar-refractivity contribution < 1.29 is 9.53 Å². The summed E-state index contributed by atoms with van der Waals surface area (Å²) in [6, 6.07) is 7.30. The number of methoxy groups -OCH3 is 1. The summed E-state index contributed by atoms with van der Waals surface area (Å²) in [5, 5.41) is 2.87. The number of ether oxygens (including phenoxy) is 1. The fourth-order valence-electron chi connectivity index (χ4n) is 1.73. The van der Waals surface area contributed by atoms with Crippen LogP contribution in [-0.4, -0.2) is 25.6 Å². The molecule has 0 saturated carbocycles. The van der Waals surface area contributed by atoms with Crippen LogP contribution in [0.25, 0.3) is 0 Å². The maximum absolute atomic E-state index is 11.9. The third-order valence-corrected chi connectivity index (χ3v) is 3.10. The molecule has 0 bridgehead atoms. The van der Waals surface area contributed by atoms with E-state index in [1.54, 1.807) is 7.11 Å². The number of benzene rings is 1. The number of carbonyl (C=O) groups is 1. The first-order chi connectivity index (χ1) is 8.86. The SMILES string of the molecule is COc1ccccc1CCNC(=O)[C@@H](N)C(C)(C)C.